The van der Waals surface area contributed by atoms with Crippen molar-refractivity contribution in [3.63, 3.8) is 0 Å². The van der Waals surface area contributed by atoms with Gasteiger partial charge in [0.15, 0.2) is 5.82 Å². The lowest BCUT2D eigenvalue weighted by atomic mass is 10.1. The topological polar surface area (TPSA) is 62.2 Å². The van der Waals surface area contributed by atoms with E-state index in [4.69, 9.17) is 0 Å². The predicted molar refractivity (Wildman–Crippen MR) is 70.5 cm³/mol. The summed E-state index contributed by atoms with van der Waals surface area (Å²) in [5.41, 5.74) is 1.28. The summed E-state index contributed by atoms with van der Waals surface area (Å²) in [5, 5.41) is 12.6. The number of aromatic nitrogens is 1. The summed E-state index contributed by atoms with van der Waals surface area (Å²) in [6.45, 7) is 0. The Morgan fingerprint density at radius 2 is 2.05 bits per heavy atom. The second kappa shape index (κ2) is 5.21. The third-order valence-corrected chi connectivity index (χ3v) is 3.58. The second-order valence-electron chi connectivity index (χ2n) is 4.88. The number of rotatable bonds is 2. The highest BCUT2D eigenvalue weighted by molar-refractivity contribution is 5.94. The van der Waals surface area contributed by atoms with E-state index < -0.39 is 35.4 Å². The number of carbonyl (C=O) groups is 1. The molecule has 1 aromatic carbocycles. The van der Waals surface area contributed by atoms with E-state index in [1.54, 1.807) is 12.1 Å². The summed E-state index contributed by atoms with van der Waals surface area (Å²) in [5.74, 6) is -3.40. The number of hydrogen-bond acceptors (Lipinski definition) is 3. The van der Waals surface area contributed by atoms with Crippen molar-refractivity contribution < 1.29 is 18.7 Å². The summed E-state index contributed by atoms with van der Waals surface area (Å²) in [6.07, 6.45) is 0.641. The summed E-state index contributed by atoms with van der Waals surface area (Å²) in [6, 6.07) is 7.75. The molecule has 21 heavy (non-hydrogen) atoms. The van der Waals surface area contributed by atoms with Crippen molar-refractivity contribution in [3.8, 4) is 0 Å². The normalized spacial score (nSPS) is 20.1. The van der Waals surface area contributed by atoms with E-state index in [0.29, 0.717) is 6.42 Å². The van der Waals surface area contributed by atoms with Gasteiger partial charge in [-0.25, -0.2) is 9.37 Å². The Morgan fingerprint density at radius 3 is 2.86 bits per heavy atom. The molecule has 1 aliphatic rings. The van der Waals surface area contributed by atoms with E-state index in [1.807, 2.05) is 12.1 Å². The van der Waals surface area contributed by atoms with E-state index in [1.165, 1.54) is 0 Å². The number of nitrogens with one attached hydrogen (secondary N) is 1. The maximum absolute atomic E-state index is 13.6. The van der Waals surface area contributed by atoms with Gasteiger partial charge in [0, 0.05) is 12.6 Å². The van der Waals surface area contributed by atoms with Crippen LogP contribution in [-0.2, 0) is 6.42 Å². The van der Waals surface area contributed by atoms with Gasteiger partial charge < -0.3 is 10.4 Å². The fourth-order valence-corrected chi connectivity index (χ4v) is 2.56. The van der Waals surface area contributed by atoms with Gasteiger partial charge in [0.2, 0.25) is 5.95 Å². The molecule has 2 atom stereocenters. The SMILES string of the molecule is O=C(N[C@@H]1c2ccccc2C[C@@H]1O)c1ccnc(F)c1F. The number of aliphatic hydroxyl groups is 1. The summed E-state index contributed by atoms with van der Waals surface area (Å²) in [4.78, 5) is 15.2. The zero-order valence-corrected chi connectivity index (χ0v) is 10.9. The minimum atomic E-state index is -1.32. The largest absolute Gasteiger partial charge is 0.390 e. The van der Waals surface area contributed by atoms with Crippen LogP contribution in [0.4, 0.5) is 8.78 Å². The Morgan fingerprint density at radius 1 is 1.29 bits per heavy atom. The van der Waals surface area contributed by atoms with Gasteiger partial charge in [0.05, 0.1) is 17.7 Å². The molecule has 0 bridgehead atoms. The van der Waals surface area contributed by atoms with Crippen molar-refractivity contribution in [1.29, 1.82) is 0 Å². The number of carbonyl (C=O) groups excluding carboxylic acids is 1. The third-order valence-electron chi connectivity index (χ3n) is 3.58. The maximum atomic E-state index is 13.6. The number of amides is 1. The zero-order chi connectivity index (χ0) is 15.0. The first kappa shape index (κ1) is 13.6. The molecule has 108 valence electrons. The Bertz CT molecular complexity index is 706. The van der Waals surface area contributed by atoms with Gasteiger partial charge in [0.25, 0.3) is 5.91 Å². The van der Waals surface area contributed by atoms with Crippen LogP contribution >= 0.6 is 0 Å². The van der Waals surface area contributed by atoms with Crippen LogP contribution in [-0.4, -0.2) is 22.1 Å². The maximum Gasteiger partial charge on any atom is 0.255 e. The summed E-state index contributed by atoms with van der Waals surface area (Å²) < 4.78 is 26.6. The fourth-order valence-electron chi connectivity index (χ4n) is 2.56. The van der Waals surface area contributed by atoms with Gasteiger partial charge in [0.1, 0.15) is 0 Å². The van der Waals surface area contributed by atoms with E-state index in [-0.39, 0.29) is 0 Å². The minimum absolute atomic E-state index is 0.411. The molecular weight excluding hydrogens is 278 g/mol. The van der Waals surface area contributed by atoms with Gasteiger partial charge in [-0.2, -0.15) is 4.39 Å². The number of hydrogen-bond donors (Lipinski definition) is 2. The Labute approximate surface area is 119 Å². The molecule has 0 spiro atoms. The monoisotopic (exact) mass is 290 g/mol. The molecule has 6 heteroatoms. The Kier molecular flexibility index (Phi) is 3.39. The van der Waals surface area contributed by atoms with E-state index in [0.717, 1.165) is 23.4 Å². The lowest BCUT2D eigenvalue weighted by Crippen LogP contribution is -2.34. The standard InChI is InChI=1S/C15H12F2N2O2/c16-12-10(5-6-18-14(12)17)15(21)19-13-9-4-2-1-3-8(9)7-11(13)20/h1-6,11,13,20H,7H2,(H,19,21)/t11-,13+/m0/s1. The molecule has 0 fully saturated rings. The first-order valence-corrected chi connectivity index (χ1v) is 6.44. The quantitative estimate of drug-likeness (QED) is 0.828. The molecule has 0 aliphatic heterocycles. The minimum Gasteiger partial charge on any atom is -0.390 e. The Hall–Kier alpha value is -2.34. The molecule has 1 amide bonds. The van der Waals surface area contributed by atoms with Crippen LogP contribution in [0.5, 0.6) is 0 Å². The van der Waals surface area contributed by atoms with Crippen molar-refractivity contribution in [3.05, 3.63) is 65.0 Å². The highest BCUT2D eigenvalue weighted by atomic mass is 19.2. The molecule has 1 heterocycles. The van der Waals surface area contributed by atoms with E-state index >= 15 is 0 Å². The van der Waals surface area contributed by atoms with Crippen LogP contribution in [0.15, 0.2) is 36.5 Å². The highest BCUT2D eigenvalue weighted by Gasteiger charge is 2.32. The van der Waals surface area contributed by atoms with E-state index in [2.05, 4.69) is 10.3 Å². The summed E-state index contributed by atoms with van der Waals surface area (Å²) in [7, 11) is 0. The molecule has 1 aliphatic carbocycles. The van der Waals surface area contributed by atoms with Gasteiger partial charge in [-0.05, 0) is 17.2 Å². The van der Waals surface area contributed by atoms with Crippen LogP contribution in [0, 0.1) is 11.8 Å². The number of pyridine rings is 1. The zero-order valence-electron chi connectivity index (χ0n) is 10.9. The number of aliphatic hydroxyl groups excluding tert-OH is 1. The van der Waals surface area contributed by atoms with Gasteiger partial charge >= 0.3 is 0 Å². The molecule has 1 aromatic heterocycles. The highest BCUT2D eigenvalue weighted by Crippen LogP contribution is 2.31. The lowest BCUT2D eigenvalue weighted by molar-refractivity contribution is 0.0853. The molecule has 0 radical (unpaired) electrons. The first-order chi connectivity index (χ1) is 10.1. The molecule has 3 rings (SSSR count). The number of nitrogens with zero attached hydrogens (tertiary/aromatic N) is 1. The molecule has 0 saturated carbocycles. The Balaban J connectivity index is 1.87. The van der Waals surface area contributed by atoms with Crippen molar-refractivity contribution in [2.24, 2.45) is 0 Å². The number of fused-ring (bicyclic) bond motifs is 1. The molecule has 0 unspecified atom stereocenters. The second-order valence-corrected chi connectivity index (χ2v) is 4.88. The van der Waals surface area contributed by atoms with Crippen LogP contribution in [0.2, 0.25) is 0 Å². The molecule has 0 saturated heterocycles. The molecular formula is C15H12F2N2O2. The first-order valence-electron chi connectivity index (χ1n) is 6.44. The summed E-state index contributed by atoms with van der Waals surface area (Å²) >= 11 is 0. The van der Waals surface area contributed by atoms with E-state index in [9.17, 15) is 18.7 Å². The van der Waals surface area contributed by atoms with Crippen molar-refractivity contribution in [1.82, 2.24) is 10.3 Å². The predicted octanol–water partition coefficient (Wildman–Crippen LogP) is 1.75. The van der Waals surface area contributed by atoms with Crippen molar-refractivity contribution in [2.75, 3.05) is 0 Å². The van der Waals surface area contributed by atoms with Crippen LogP contribution in [0.25, 0.3) is 0 Å². The average Bonchev–Trinajstić information content (AvgIpc) is 2.78. The van der Waals surface area contributed by atoms with Crippen molar-refractivity contribution in [2.45, 2.75) is 18.6 Å². The number of benzene rings is 1. The average molecular weight is 290 g/mol. The van der Waals surface area contributed by atoms with Gasteiger partial charge in [-0.3, -0.25) is 4.79 Å². The number of halogens is 2. The lowest BCUT2D eigenvalue weighted by Gasteiger charge is -2.18. The van der Waals surface area contributed by atoms with Crippen molar-refractivity contribution >= 4 is 5.91 Å². The third kappa shape index (κ3) is 2.38. The van der Waals surface area contributed by atoms with Crippen LogP contribution < -0.4 is 5.32 Å². The fraction of sp³-hybridized carbons (Fsp3) is 0.200. The van der Waals surface area contributed by atoms with Crippen LogP contribution in [0.3, 0.4) is 0 Å². The molecule has 2 N–H and O–H groups in total. The van der Waals surface area contributed by atoms with Gasteiger partial charge in [-0.1, -0.05) is 24.3 Å². The molecule has 2 aromatic rings. The van der Waals surface area contributed by atoms with Gasteiger partial charge in [-0.15, -0.1) is 0 Å². The van der Waals surface area contributed by atoms with Crippen LogP contribution in [0.1, 0.15) is 27.5 Å². The smallest absolute Gasteiger partial charge is 0.255 e. The molecule has 4 nitrogen and oxygen atoms in total.